The van der Waals surface area contributed by atoms with Crippen molar-refractivity contribution in [3.8, 4) is 0 Å². The Hall–Kier alpha value is -3.68. The molecule has 146 valence electrons. The van der Waals surface area contributed by atoms with Gasteiger partial charge in [0.05, 0.1) is 16.9 Å². The molecule has 0 unspecified atom stereocenters. The molecule has 2 aromatic rings. The lowest BCUT2D eigenvalue weighted by Gasteiger charge is -2.12. The summed E-state index contributed by atoms with van der Waals surface area (Å²) in [6.07, 6.45) is 3.57. The number of anilines is 3. The Balaban J connectivity index is 2.26. The molecular formula is C20H20FN3O4. The van der Waals surface area contributed by atoms with E-state index in [1.54, 1.807) is 7.05 Å². The minimum atomic E-state index is -1.05. The highest BCUT2D eigenvalue weighted by molar-refractivity contribution is 6.03. The molecule has 2 amide bonds. The smallest absolute Gasteiger partial charge is 0.335 e. The van der Waals surface area contributed by atoms with Crippen LogP contribution in [-0.2, 0) is 16.0 Å². The predicted molar refractivity (Wildman–Crippen MR) is 106 cm³/mol. The van der Waals surface area contributed by atoms with Crippen LogP contribution in [0, 0.1) is 5.82 Å². The second kappa shape index (κ2) is 9.31. The lowest BCUT2D eigenvalue weighted by molar-refractivity contribution is -0.111. The van der Waals surface area contributed by atoms with Gasteiger partial charge < -0.3 is 21.1 Å². The van der Waals surface area contributed by atoms with Gasteiger partial charge in [-0.25, -0.2) is 9.18 Å². The van der Waals surface area contributed by atoms with E-state index < -0.39 is 17.7 Å². The number of rotatable bonds is 8. The van der Waals surface area contributed by atoms with E-state index in [-0.39, 0.29) is 5.56 Å². The molecule has 0 radical (unpaired) electrons. The largest absolute Gasteiger partial charge is 0.478 e. The summed E-state index contributed by atoms with van der Waals surface area (Å²) in [4.78, 5) is 34.2. The predicted octanol–water partition coefficient (Wildman–Crippen LogP) is 3.35. The molecule has 0 aliphatic rings. The lowest BCUT2D eigenvalue weighted by atomic mass is 10.1. The fraction of sp³-hybridized carbons (Fsp3) is 0.150. The number of carbonyl (C=O) groups is 3. The number of carboxylic acid groups (broad SMARTS) is 1. The van der Waals surface area contributed by atoms with Gasteiger partial charge in [0.15, 0.2) is 0 Å². The van der Waals surface area contributed by atoms with Crippen LogP contribution < -0.4 is 16.0 Å². The SMILES string of the molecule is CCc1cc(C(=O)O)ccc1NC(=O)/C=C/c1cc(F)cc(NC)c1NC=O. The van der Waals surface area contributed by atoms with E-state index in [1.807, 2.05) is 6.92 Å². The lowest BCUT2D eigenvalue weighted by Crippen LogP contribution is -2.11. The maximum atomic E-state index is 13.8. The molecule has 0 saturated carbocycles. The van der Waals surface area contributed by atoms with E-state index in [0.717, 1.165) is 0 Å². The van der Waals surface area contributed by atoms with Crippen LogP contribution in [0.25, 0.3) is 6.08 Å². The van der Waals surface area contributed by atoms with Crippen LogP contribution in [0.5, 0.6) is 0 Å². The number of carboxylic acids is 1. The first-order valence-corrected chi connectivity index (χ1v) is 8.46. The van der Waals surface area contributed by atoms with Gasteiger partial charge in [-0.1, -0.05) is 6.92 Å². The molecule has 0 aromatic heterocycles. The number of benzene rings is 2. The van der Waals surface area contributed by atoms with Crippen LogP contribution in [0.15, 0.2) is 36.4 Å². The Morgan fingerprint density at radius 1 is 1.18 bits per heavy atom. The number of halogens is 1. The number of hydrogen-bond acceptors (Lipinski definition) is 4. The Morgan fingerprint density at radius 2 is 1.93 bits per heavy atom. The van der Waals surface area contributed by atoms with Gasteiger partial charge in [-0.3, -0.25) is 9.59 Å². The van der Waals surface area contributed by atoms with Crippen molar-refractivity contribution < 1.29 is 23.9 Å². The second-order valence-corrected chi connectivity index (χ2v) is 5.78. The molecule has 0 saturated heterocycles. The van der Waals surface area contributed by atoms with Crippen molar-refractivity contribution in [1.82, 2.24) is 0 Å². The summed E-state index contributed by atoms with van der Waals surface area (Å²) in [7, 11) is 1.58. The van der Waals surface area contributed by atoms with E-state index in [2.05, 4.69) is 16.0 Å². The quantitative estimate of drug-likeness (QED) is 0.412. The average molecular weight is 385 g/mol. The number of aryl methyl sites for hydroxylation is 1. The van der Waals surface area contributed by atoms with Gasteiger partial charge >= 0.3 is 5.97 Å². The Labute approximate surface area is 161 Å². The second-order valence-electron chi connectivity index (χ2n) is 5.78. The van der Waals surface area contributed by atoms with Crippen molar-refractivity contribution in [3.05, 3.63) is 58.9 Å². The highest BCUT2D eigenvalue weighted by Gasteiger charge is 2.11. The molecule has 0 heterocycles. The number of amides is 2. The monoisotopic (exact) mass is 385 g/mol. The average Bonchev–Trinajstić information content (AvgIpc) is 2.67. The van der Waals surface area contributed by atoms with Gasteiger partial charge in [0.25, 0.3) is 0 Å². The minimum absolute atomic E-state index is 0.134. The molecule has 8 heteroatoms. The minimum Gasteiger partial charge on any atom is -0.478 e. The molecule has 2 rings (SSSR count). The third-order valence-electron chi connectivity index (χ3n) is 4.01. The number of aromatic carboxylic acids is 1. The molecule has 0 aliphatic heterocycles. The summed E-state index contributed by atoms with van der Waals surface area (Å²) in [5.41, 5.74) is 2.31. The fourth-order valence-electron chi connectivity index (χ4n) is 2.66. The van der Waals surface area contributed by atoms with Crippen LogP contribution >= 0.6 is 0 Å². The number of nitrogens with one attached hydrogen (secondary N) is 3. The van der Waals surface area contributed by atoms with Crippen molar-refractivity contribution in [1.29, 1.82) is 0 Å². The van der Waals surface area contributed by atoms with Crippen molar-refractivity contribution in [2.24, 2.45) is 0 Å². The molecule has 7 nitrogen and oxygen atoms in total. The Kier molecular flexibility index (Phi) is 6.86. The zero-order chi connectivity index (χ0) is 20.7. The Bertz CT molecular complexity index is 941. The first kappa shape index (κ1) is 20.6. The van der Waals surface area contributed by atoms with E-state index in [4.69, 9.17) is 5.11 Å². The van der Waals surface area contributed by atoms with E-state index in [1.165, 1.54) is 42.5 Å². The van der Waals surface area contributed by atoms with Crippen molar-refractivity contribution in [2.75, 3.05) is 23.0 Å². The normalized spacial score (nSPS) is 10.5. The van der Waals surface area contributed by atoms with Crippen LogP contribution in [0.4, 0.5) is 21.5 Å². The summed E-state index contributed by atoms with van der Waals surface area (Å²) >= 11 is 0. The van der Waals surface area contributed by atoms with Crippen LogP contribution in [0.3, 0.4) is 0 Å². The zero-order valence-electron chi connectivity index (χ0n) is 15.4. The van der Waals surface area contributed by atoms with E-state index >= 15 is 0 Å². The van der Waals surface area contributed by atoms with Crippen LogP contribution in [0.1, 0.15) is 28.4 Å². The zero-order valence-corrected chi connectivity index (χ0v) is 15.4. The molecule has 2 aromatic carbocycles. The first-order chi connectivity index (χ1) is 13.4. The van der Waals surface area contributed by atoms with Gasteiger partial charge in [0.2, 0.25) is 12.3 Å². The van der Waals surface area contributed by atoms with Gasteiger partial charge in [-0.15, -0.1) is 0 Å². The Morgan fingerprint density at radius 3 is 2.54 bits per heavy atom. The maximum Gasteiger partial charge on any atom is 0.335 e. The summed E-state index contributed by atoms with van der Waals surface area (Å²) in [6, 6.07) is 6.84. The molecule has 0 aliphatic carbocycles. The molecule has 0 fully saturated rings. The first-order valence-electron chi connectivity index (χ1n) is 8.46. The standard InChI is InChI=1S/C20H20FN3O4/c1-3-12-8-14(20(27)28)4-6-16(12)24-18(26)7-5-13-9-15(21)10-17(22-2)19(13)23-11-25/h4-11,22H,3H2,1-2H3,(H,23,25)(H,24,26)(H,27,28)/b7-5+. The van der Waals surface area contributed by atoms with E-state index in [0.29, 0.717) is 41.0 Å². The van der Waals surface area contributed by atoms with Gasteiger partial charge in [-0.05, 0) is 48.4 Å². The maximum absolute atomic E-state index is 13.8. The summed E-state index contributed by atoms with van der Waals surface area (Å²) in [6.45, 7) is 1.84. The summed E-state index contributed by atoms with van der Waals surface area (Å²) < 4.78 is 13.8. The number of hydrogen-bond donors (Lipinski definition) is 4. The molecule has 0 spiro atoms. The van der Waals surface area contributed by atoms with Crippen molar-refractivity contribution in [3.63, 3.8) is 0 Å². The molecule has 28 heavy (non-hydrogen) atoms. The highest BCUT2D eigenvalue weighted by Crippen LogP contribution is 2.28. The highest BCUT2D eigenvalue weighted by atomic mass is 19.1. The fourth-order valence-corrected chi connectivity index (χ4v) is 2.66. The third kappa shape index (κ3) is 4.94. The van der Waals surface area contributed by atoms with Gasteiger partial charge in [0, 0.05) is 24.4 Å². The molecule has 0 bridgehead atoms. The topological polar surface area (TPSA) is 108 Å². The molecule has 0 atom stereocenters. The van der Waals surface area contributed by atoms with Crippen LogP contribution in [-0.4, -0.2) is 30.4 Å². The summed E-state index contributed by atoms with van der Waals surface area (Å²) in [5.74, 6) is -2.06. The number of carbonyl (C=O) groups excluding carboxylic acids is 2. The van der Waals surface area contributed by atoms with Gasteiger partial charge in [0.1, 0.15) is 5.82 Å². The molecular weight excluding hydrogens is 365 g/mol. The van der Waals surface area contributed by atoms with Crippen molar-refractivity contribution >= 4 is 41.4 Å². The van der Waals surface area contributed by atoms with E-state index in [9.17, 15) is 18.8 Å². The third-order valence-corrected chi connectivity index (χ3v) is 4.01. The summed E-state index contributed by atoms with van der Waals surface area (Å²) in [5, 5.41) is 17.0. The molecule has 4 N–H and O–H groups in total. The van der Waals surface area contributed by atoms with Gasteiger partial charge in [-0.2, -0.15) is 0 Å². The van der Waals surface area contributed by atoms with Crippen LogP contribution in [0.2, 0.25) is 0 Å². The van der Waals surface area contributed by atoms with Crippen molar-refractivity contribution in [2.45, 2.75) is 13.3 Å².